The molecule has 0 aliphatic heterocycles. The van der Waals surface area contributed by atoms with Crippen LogP contribution in [0.5, 0.6) is 0 Å². The monoisotopic (exact) mass is 335 g/mol. The summed E-state index contributed by atoms with van der Waals surface area (Å²) in [6.07, 6.45) is -1.09. The van der Waals surface area contributed by atoms with Crippen molar-refractivity contribution < 1.29 is 8.78 Å². The lowest BCUT2D eigenvalue weighted by atomic mass is 10.2. The van der Waals surface area contributed by atoms with Gasteiger partial charge >= 0.3 is 0 Å². The van der Waals surface area contributed by atoms with E-state index in [9.17, 15) is 8.78 Å². The number of rotatable bonds is 3. The molecule has 0 unspecified atom stereocenters. The fourth-order valence-electron chi connectivity index (χ4n) is 1.26. The van der Waals surface area contributed by atoms with E-state index < -0.39 is 13.0 Å². The Bertz CT molecular complexity index is 467. The number of benzene rings is 1. The first-order valence-electron chi connectivity index (χ1n) is 4.58. The summed E-state index contributed by atoms with van der Waals surface area (Å²) in [5.41, 5.74) is 0.827. The summed E-state index contributed by atoms with van der Waals surface area (Å²) in [7, 11) is 0. The van der Waals surface area contributed by atoms with Gasteiger partial charge in [-0.25, -0.2) is 18.4 Å². The zero-order chi connectivity index (χ0) is 11.5. The zero-order valence-electron chi connectivity index (χ0n) is 8.15. The molecule has 0 saturated heterocycles. The van der Waals surface area contributed by atoms with Crippen LogP contribution < -0.4 is 0 Å². The Hall–Kier alpha value is -1.05. The molecule has 0 atom stereocenters. The number of hydrogen-bond acceptors (Lipinski definition) is 2. The molecule has 2 aromatic rings. The van der Waals surface area contributed by atoms with Crippen molar-refractivity contribution in [2.24, 2.45) is 0 Å². The van der Waals surface area contributed by atoms with Crippen LogP contribution >= 0.6 is 22.6 Å². The first kappa shape index (κ1) is 11.4. The lowest BCUT2D eigenvalue weighted by molar-refractivity contribution is 0.122. The largest absolute Gasteiger partial charge is 0.257 e. The molecule has 0 bridgehead atoms. The number of hydrogen-bond donors (Lipinski definition) is 0. The summed E-state index contributed by atoms with van der Waals surface area (Å²) in [6.45, 7) is -0.419. The predicted octanol–water partition coefficient (Wildman–Crippen LogP) is 2.81. The fraction of sp³-hybridized carbons (Fsp3) is 0.200. The second-order valence-corrected chi connectivity index (χ2v) is 4.43. The molecule has 0 aliphatic rings. The van der Waals surface area contributed by atoms with E-state index in [-0.39, 0.29) is 0 Å². The van der Waals surface area contributed by atoms with Gasteiger partial charge in [0.05, 0.1) is 0 Å². The second kappa shape index (κ2) is 4.86. The van der Waals surface area contributed by atoms with E-state index in [1.807, 2.05) is 24.3 Å². The number of nitrogens with zero attached hydrogens (tertiary/aromatic N) is 3. The van der Waals surface area contributed by atoms with E-state index in [0.717, 1.165) is 13.8 Å². The maximum absolute atomic E-state index is 12.1. The van der Waals surface area contributed by atoms with Crippen LogP contribution in [-0.2, 0) is 6.54 Å². The third kappa shape index (κ3) is 2.75. The van der Waals surface area contributed by atoms with E-state index in [0.29, 0.717) is 5.82 Å². The number of halogens is 3. The molecular formula is C10H8F2IN3. The molecule has 0 radical (unpaired) electrons. The van der Waals surface area contributed by atoms with Crippen molar-refractivity contribution >= 4 is 22.6 Å². The van der Waals surface area contributed by atoms with Gasteiger partial charge in [-0.2, -0.15) is 5.10 Å². The summed E-state index contributed by atoms with van der Waals surface area (Å²) in [5, 5.41) is 3.97. The van der Waals surface area contributed by atoms with E-state index in [1.165, 1.54) is 6.33 Å². The van der Waals surface area contributed by atoms with Crippen molar-refractivity contribution in [3.05, 3.63) is 34.2 Å². The first-order chi connectivity index (χ1) is 7.65. The Morgan fingerprint density at radius 3 is 2.56 bits per heavy atom. The molecule has 0 fully saturated rings. The highest BCUT2D eigenvalue weighted by atomic mass is 127. The summed E-state index contributed by atoms with van der Waals surface area (Å²) in [6, 6.07) is 7.57. The molecular weight excluding hydrogens is 327 g/mol. The summed E-state index contributed by atoms with van der Waals surface area (Å²) in [5.74, 6) is 0.469. The minimum Gasteiger partial charge on any atom is -0.247 e. The van der Waals surface area contributed by atoms with E-state index in [4.69, 9.17) is 0 Å². The first-order valence-corrected chi connectivity index (χ1v) is 5.66. The zero-order valence-corrected chi connectivity index (χ0v) is 10.3. The topological polar surface area (TPSA) is 30.7 Å². The van der Waals surface area contributed by atoms with Gasteiger partial charge in [0.1, 0.15) is 12.9 Å². The van der Waals surface area contributed by atoms with Crippen LogP contribution in [0.2, 0.25) is 0 Å². The third-order valence-electron chi connectivity index (χ3n) is 1.96. The Labute approximate surface area is 105 Å². The molecule has 16 heavy (non-hydrogen) atoms. The molecule has 6 heteroatoms. The van der Waals surface area contributed by atoms with Crippen molar-refractivity contribution in [1.29, 1.82) is 0 Å². The maximum Gasteiger partial charge on any atom is 0.257 e. The van der Waals surface area contributed by atoms with Gasteiger partial charge in [0, 0.05) is 9.13 Å². The van der Waals surface area contributed by atoms with Crippen molar-refractivity contribution in [3.63, 3.8) is 0 Å². The Morgan fingerprint density at radius 2 is 1.94 bits per heavy atom. The van der Waals surface area contributed by atoms with Crippen LogP contribution in [-0.4, -0.2) is 21.2 Å². The van der Waals surface area contributed by atoms with Crippen LogP contribution in [0.1, 0.15) is 0 Å². The lowest BCUT2D eigenvalue weighted by Gasteiger charge is -1.98. The molecule has 1 aromatic carbocycles. The SMILES string of the molecule is FC(F)Cn1cnc(-c2ccc(I)cc2)n1. The smallest absolute Gasteiger partial charge is 0.247 e. The molecule has 84 valence electrons. The van der Waals surface area contributed by atoms with Crippen molar-refractivity contribution in [3.8, 4) is 11.4 Å². The van der Waals surface area contributed by atoms with Crippen molar-refractivity contribution in [2.45, 2.75) is 13.0 Å². The Morgan fingerprint density at radius 1 is 1.25 bits per heavy atom. The molecule has 3 nitrogen and oxygen atoms in total. The van der Waals surface area contributed by atoms with Crippen LogP contribution in [0.4, 0.5) is 8.78 Å². The third-order valence-corrected chi connectivity index (χ3v) is 2.68. The van der Waals surface area contributed by atoms with Gasteiger partial charge in [-0.05, 0) is 34.7 Å². The minimum atomic E-state index is -2.41. The quantitative estimate of drug-likeness (QED) is 0.808. The molecule has 0 N–H and O–H groups in total. The van der Waals surface area contributed by atoms with Gasteiger partial charge in [0.15, 0.2) is 5.82 Å². The molecule has 0 aliphatic carbocycles. The molecule has 0 spiro atoms. The van der Waals surface area contributed by atoms with Crippen LogP contribution in [0.15, 0.2) is 30.6 Å². The van der Waals surface area contributed by atoms with E-state index >= 15 is 0 Å². The predicted molar refractivity (Wildman–Crippen MR) is 64.2 cm³/mol. The van der Waals surface area contributed by atoms with E-state index in [1.54, 1.807) is 0 Å². The number of alkyl halides is 2. The number of aromatic nitrogens is 3. The lowest BCUT2D eigenvalue weighted by Crippen LogP contribution is -2.06. The summed E-state index contributed by atoms with van der Waals surface area (Å²) < 4.78 is 26.4. The standard InChI is InChI=1S/C10H8F2IN3/c11-9(12)5-16-6-14-10(15-16)7-1-3-8(13)4-2-7/h1-4,6,9H,5H2. The van der Waals surface area contributed by atoms with Gasteiger partial charge in [0.25, 0.3) is 6.43 Å². The van der Waals surface area contributed by atoms with Gasteiger partial charge in [-0.15, -0.1) is 0 Å². The summed E-state index contributed by atoms with van der Waals surface area (Å²) >= 11 is 2.19. The van der Waals surface area contributed by atoms with Crippen LogP contribution in [0.25, 0.3) is 11.4 Å². The Kier molecular flexibility index (Phi) is 3.47. The van der Waals surface area contributed by atoms with Crippen molar-refractivity contribution in [2.75, 3.05) is 0 Å². The minimum absolute atomic E-state index is 0.419. The van der Waals surface area contributed by atoms with Gasteiger partial charge in [-0.1, -0.05) is 12.1 Å². The van der Waals surface area contributed by atoms with Gasteiger partial charge < -0.3 is 0 Å². The Balaban J connectivity index is 2.21. The van der Waals surface area contributed by atoms with Crippen molar-refractivity contribution in [1.82, 2.24) is 14.8 Å². The van der Waals surface area contributed by atoms with Crippen LogP contribution in [0, 0.1) is 3.57 Å². The molecule has 1 aromatic heterocycles. The fourth-order valence-corrected chi connectivity index (χ4v) is 1.61. The molecule has 0 amide bonds. The molecule has 0 saturated carbocycles. The highest BCUT2D eigenvalue weighted by Gasteiger charge is 2.08. The molecule has 2 rings (SSSR count). The maximum atomic E-state index is 12.1. The van der Waals surface area contributed by atoms with Gasteiger partial charge in [-0.3, -0.25) is 0 Å². The van der Waals surface area contributed by atoms with E-state index in [2.05, 4.69) is 32.7 Å². The highest BCUT2D eigenvalue weighted by molar-refractivity contribution is 14.1. The summed E-state index contributed by atoms with van der Waals surface area (Å²) in [4.78, 5) is 3.99. The van der Waals surface area contributed by atoms with Gasteiger partial charge in [0.2, 0.25) is 0 Å². The van der Waals surface area contributed by atoms with Crippen LogP contribution in [0.3, 0.4) is 0 Å². The normalized spacial score (nSPS) is 11.0. The average molecular weight is 335 g/mol. The highest BCUT2D eigenvalue weighted by Crippen LogP contribution is 2.16. The second-order valence-electron chi connectivity index (χ2n) is 3.19. The molecule has 1 heterocycles. The average Bonchev–Trinajstić information content (AvgIpc) is 2.66.